The van der Waals surface area contributed by atoms with Gasteiger partial charge in [-0.1, -0.05) is 105 Å². The molecule has 0 saturated carbocycles. The van der Waals surface area contributed by atoms with E-state index in [2.05, 4.69) is 13.8 Å². The van der Waals surface area contributed by atoms with Crippen molar-refractivity contribution in [3.63, 3.8) is 0 Å². The summed E-state index contributed by atoms with van der Waals surface area (Å²) < 4.78 is 26.8. The van der Waals surface area contributed by atoms with Crippen LogP contribution in [0.15, 0.2) is 91.0 Å². The molecule has 1 aliphatic heterocycles. The van der Waals surface area contributed by atoms with Crippen molar-refractivity contribution >= 4 is 7.60 Å². The summed E-state index contributed by atoms with van der Waals surface area (Å²) in [7, 11) is -3.60. The van der Waals surface area contributed by atoms with Crippen molar-refractivity contribution in [1.82, 2.24) is 0 Å². The first-order valence-electron chi connectivity index (χ1n) is 9.54. The summed E-state index contributed by atoms with van der Waals surface area (Å²) in [5.74, 6) is 0. The zero-order valence-corrected chi connectivity index (χ0v) is 17.1. The second-order valence-corrected chi connectivity index (χ2v) is 10.2. The fourth-order valence-electron chi connectivity index (χ4n) is 3.80. The molecule has 1 saturated heterocycles. The largest absolute Gasteiger partial charge is 0.349 e. The molecule has 1 aliphatic rings. The lowest BCUT2D eigenvalue weighted by Gasteiger charge is -2.45. The normalized spacial score (nSPS) is 18.5. The molecule has 0 radical (unpaired) electrons. The first-order chi connectivity index (χ1) is 13.5. The van der Waals surface area contributed by atoms with E-state index >= 15 is 0 Å². The number of rotatable bonds is 4. The van der Waals surface area contributed by atoms with Crippen LogP contribution in [0.25, 0.3) is 0 Å². The van der Waals surface area contributed by atoms with E-state index in [1.165, 1.54) is 0 Å². The molecule has 0 N–H and O–H groups in total. The van der Waals surface area contributed by atoms with Gasteiger partial charge in [0.15, 0.2) is 0 Å². The lowest BCUT2D eigenvalue weighted by atomic mass is 9.84. The lowest BCUT2D eigenvalue weighted by molar-refractivity contribution is 0.0356. The minimum Gasteiger partial charge on any atom is -0.307 e. The van der Waals surface area contributed by atoms with Gasteiger partial charge in [-0.25, -0.2) is 0 Å². The Morgan fingerprint density at radius 2 is 1.00 bits per heavy atom. The Hall–Kier alpha value is -2.19. The predicted molar refractivity (Wildman–Crippen MR) is 112 cm³/mol. The van der Waals surface area contributed by atoms with Gasteiger partial charge in [0.2, 0.25) is 0 Å². The summed E-state index contributed by atoms with van der Waals surface area (Å²) in [5.41, 5.74) is 2.52. The molecule has 0 bridgehead atoms. The third kappa shape index (κ3) is 3.14. The first-order valence-corrected chi connectivity index (χ1v) is 11.1. The van der Waals surface area contributed by atoms with Gasteiger partial charge in [-0.2, -0.15) is 0 Å². The van der Waals surface area contributed by atoms with Gasteiger partial charge in [-0.15, -0.1) is 0 Å². The summed E-state index contributed by atoms with van der Waals surface area (Å²) in [6.45, 7) is 4.90. The van der Waals surface area contributed by atoms with E-state index in [9.17, 15) is 4.57 Å². The molecule has 3 nitrogen and oxygen atoms in total. The number of hydrogen-bond acceptors (Lipinski definition) is 3. The summed E-state index contributed by atoms with van der Waals surface area (Å²) in [6, 6.07) is 29.7. The number of hydrogen-bond donors (Lipinski definition) is 0. The van der Waals surface area contributed by atoms with Gasteiger partial charge in [-0.05, 0) is 16.7 Å². The van der Waals surface area contributed by atoms with E-state index in [4.69, 9.17) is 9.05 Å². The highest BCUT2D eigenvalue weighted by atomic mass is 31.2. The van der Waals surface area contributed by atoms with Crippen LogP contribution in [0, 0.1) is 5.41 Å². The van der Waals surface area contributed by atoms with Gasteiger partial charge in [0, 0.05) is 5.41 Å². The SMILES string of the molecule is CC1(C)COP(=O)(C(c2ccccc2)(c2ccccc2)c2ccccc2)OC1. The molecule has 0 spiro atoms. The fraction of sp³-hybridized carbons (Fsp3) is 0.250. The highest BCUT2D eigenvalue weighted by Crippen LogP contribution is 2.72. The molecule has 0 aromatic heterocycles. The molecule has 144 valence electrons. The molecule has 4 heteroatoms. The third-order valence-corrected chi connectivity index (χ3v) is 7.77. The maximum Gasteiger partial charge on any atom is 0.349 e. The lowest BCUT2D eigenvalue weighted by Crippen LogP contribution is -2.38. The molecule has 1 fully saturated rings. The topological polar surface area (TPSA) is 35.5 Å². The van der Waals surface area contributed by atoms with Crippen molar-refractivity contribution in [2.24, 2.45) is 5.41 Å². The monoisotopic (exact) mass is 392 g/mol. The maximum atomic E-state index is 14.5. The Labute approximate surface area is 166 Å². The van der Waals surface area contributed by atoms with Crippen LogP contribution >= 0.6 is 7.60 Å². The summed E-state index contributed by atoms with van der Waals surface area (Å²) >= 11 is 0. The van der Waals surface area contributed by atoms with Crippen molar-refractivity contribution in [3.8, 4) is 0 Å². The highest BCUT2D eigenvalue weighted by molar-refractivity contribution is 7.55. The van der Waals surface area contributed by atoms with E-state index in [0.717, 1.165) is 16.7 Å². The molecule has 0 amide bonds. The highest BCUT2D eigenvalue weighted by Gasteiger charge is 2.57. The van der Waals surface area contributed by atoms with Crippen LogP contribution < -0.4 is 0 Å². The van der Waals surface area contributed by atoms with Gasteiger partial charge in [0.25, 0.3) is 0 Å². The minimum atomic E-state index is -3.60. The zero-order chi connectivity index (χ0) is 19.7. The zero-order valence-electron chi connectivity index (χ0n) is 16.2. The predicted octanol–water partition coefficient (Wildman–Crippen LogP) is 6.24. The Morgan fingerprint density at radius 1 is 0.679 bits per heavy atom. The molecule has 0 atom stereocenters. The van der Waals surface area contributed by atoms with E-state index in [1.54, 1.807) is 0 Å². The second kappa shape index (κ2) is 7.33. The van der Waals surface area contributed by atoms with Gasteiger partial charge in [0.05, 0.1) is 13.2 Å². The van der Waals surface area contributed by atoms with Crippen LogP contribution in [0.5, 0.6) is 0 Å². The molecule has 4 rings (SSSR count). The molecule has 28 heavy (non-hydrogen) atoms. The van der Waals surface area contributed by atoms with Crippen molar-refractivity contribution in [1.29, 1.82) is 0 Å². The van der Waals surface area contributed by atoms with E-state index in [0.29, 0.717) is 13.2 Å². The van der Waals surface area contributed by atoms with Crippen molar-refractivity contribution in [2.45, 2.75) is 19.0 Å². The van der Waals surface area contributed by atoms with Crippen LogP contribution in [0.3, 0.4) is 0 Å². The van der Waals surface area contributed by atoms with Crippen LogP contribution in [0.2, 0.25) is 0 Å². The minimum absolute atomic E-state index is 0.177. The average Bonchev–Trinajstić information content (AvgIpc) is 2.74. The first kappa shape index (κ1) is 19.1. The van der Waals surface area contributed by atoms with Crippen molar-refractivity contribution in [3.05, 3.63) is 108 Å². The Bertz CT molecular complexity index is 858. The van der Waals surface area contributed by atoms with Gasteiger partial charge >= 0.3 is 7.60 Å². The van der Waals surface area contributed by atoms with E-state index in [-0.39, 0.29) is 5.41 Å². The second-order valence-electron chi connectivity index (χ2n) is 8.02. The standard InChI is InChI=1S/C24H25O3P/c1-23(2)18-26-28(25,27-19-23)24(20-12-6-3-7-13-20,21-14-8-4-9-15-21)22-16-10-5-11-17-22/h3-17H,18-19H2,1-2H3. The maximum absolute atomic E-state index is 14.5. The van der Waals surface area contributed by atoms with Gasteiger partial charge in [-0.3, -0.25) is 4.57 Å². The smallest absolute Gasteiger partial charge is 0.307 e. The molecule has 0 aliphatic carbocycles. The average molecular weight is 392 g/mol. The molecule has 1 heterocycles. The quantitative estimate of drug-likeness (QED) is 0.389. The van der Waals surface area contributed by atoms with Crippen LogP contribution in [0.4, 0.5) is 0 Å². The molecule has 3 aromatic carbocycles. The van der Waals surface area contributed by atoms with E-state index < -0.39 is 12.8 Å². The molecular weight excluding hydrogens is 367 g/mol. The van der Waals surface area contributed by atoms with Crippen LogP contribution in [-0.2, 0) is 18.8 Å². The molecule has 0 unspecified atom stereocenters. The van der Waals surface area contributed by atoms with Gasteiger partial charge < -0.3 is 9.05 Å². The van der Waals surface area contributed by atoms with Gasteiger partial charge in [0.1, 0.15) is 5.16 Å². The van der Waals surface area contributed by atoms with E-state index in [1.807, 2.05) is 91.0 Å². The summed E-state index contributed by atoms with van der Waals surface area (Å²) in [4.78, 5) is 0. The summed E-state index contributed by atoms with van der Waals surface area (Å²) in [5, 5.41) is -1.03. The Balaban J connectivity index is 2.04. The van der Waals surface area contributed by atoms with Crippen LogP contribution in [0.1, 0.15) is 30.5 Å². The fourth-order valence-corrected chi connectivity index (χ4v) is 6.70. The Morgan fingerprint density at radius 3 is 1.32 bits per heavy atom. The van der Waals surface area contributed by atoms with Crippen LogP contribution in [-0.4, -0.2) is 13.2 Å². The summed E-state index contributed by atoms with van der Waals surface area (Å²) in [6.07, 6.45) is 0. The van der Waals surface area contributed by atoms with Crippen molar-refractivity contribution in [2.75, 3.05) is 13.2 Å². The van der Waals surface area contributed by atoms with Crippen molar-refractivity contribution < 1.29 is 13.6 Å². The molecule has 3 aromatic rings. The third-order valence-electron chi connectivity index (χ3n) is 5.24. The Kier molecular flexibility index (Phi) is 5.01. The number of benzene rings is 3. The molecular formula is C24H25O3P.